The number of hydrogen-bond acceptors (Lipinski definition) is 4. The van der Waals surface area contributed by atoms with Crippen molar-refractivity contribution in [2.75, 3.05) is 5.43 Å². The van der Waals surface area contributed by atoms with Gasteiger partial charge >= 0.3 is 0 Å². The van der Waals surface area contributed by atoms with Crippen molar-refractivity contribution in [3.63, 3.8) is 0 Å². The Morgan fingerprint density at radius 3 is 2.88 bits per heavy atom. The van der Waals surface area contributed by atoms with E-state index in [1.165, 1.54) is 22.3 Å². The van der Waals surface area contributed by atoms with Crippen LogP contribution < -0.4 is 11.0 Å². The maximum atomic E-state index is 12.8. The normalized spacial score (nSPS) is 17.9. The Balaban J connectivity index is 1.67. The van der Waals surface area contributed by atoms with E-state index in [1.807, 2.05) is 6.08 Å². The molecular weight excluding hydrogens is 322 g/mol. The molecule has 6 heteroatoms. The van der Waals surface area contributed by atoms with E-state index in [1.54, 1.807) is 11.3 Å². The number of nitrogens with zero attached hydrogens (tertiary/aromatic N) is 2. The van der Waals surface area contributed by atoms with Crippen LogP contribution in [-0.4, -0.2) is 15.6 Å². The summed E-state index contributed by atoms with van der Waals surface area (Å²) in [6, 6.07) is 0. The summed E-state index contributed by atoms with van der Waals surface area (Å²) in [5.41, 5.74) is 4.52. The first-order valence-electron chi connectivity index (χ1n) is 8.76. The van der Waals surface area contributed by atoms with Crippen molar-refractivity contribution in [3.8, 4) is 0 Å². The van der Waals surface area contributed by atoms with Gasteiger partial charge in [0.25, 0.3) is 11.5 Å². The summed E-state index contributed by atoms with van der Waals surface area (Å²) < 4.78 is 1.26. The van der Waals surface area contributed by atoms with Crippen LogP contribution in [0.3, 0.4) is 0 Å². The Bertz CT molecular complexity index is 878. The molecule has 0 fully saturated rings. The number of hydrogen-bond donors (Lipinski definition) is 1. The Morgan fingerprint density at radius 2 is 1.96 bits per heavy atom. The van der Waals surface area contributed by atoms with Crippen LogP contribution in [0.4, 0.5) is 0 Å². The molecule has 2 aromatic heterocycles. The summed E-state index contributed by atoms with van der Waals surface area (Å²) in [7, 11) is 0. The molecule has 0 spiro atoms. The highest BCUT2D eigenvalue weighted by molar-refractivity contribution is 7.18. The third-order valence-corrected chi connectivity index (χ3v) is 6.13. The molecule has 1 amide bonds. The first kappa shape index (κ1) is 15.6. The molecule has 0 saturated heterocycles. The molecule has 2 aromatic rings. The lowest BCUT2D eigenvalue weighted by Gasteiger charge is -2.11. The molecule has 0 atom stereocenters. The van der Waals surface area contributed by atoms with Gasteiger partial charge in [0.2, 0.25) is 0 Å². The van der Waals surface area contributed by atoms with E-state index < -0.39 is 0 Å². The third kappa shape index (κ3) is 2.79. The van der Waals surface area contributed by atoms with E-state index in [-0.39, 0.29) is 11.5 Å². The number of aromatic nitrogens is 2. The largest absolute Gasteiger partial charge is 0.281 e. The third-order valence-electron chi connectivity index (χ3n) is 4.93. The van der Waals surface area contributed by atoms with E-state index in [9.17, 15) is 9.59 Å². The molecule has 0 aliphatic heterocycles. The van der Waals surface area contributed by atoms with Crippen molar-refractivity contribution in [1.82, 2.24) is 9.66 Å². The van der Waals surface area contributed by atoms with Gasteiger partial charge < -0.3 is 0 Å². The maximum Gasteiger partial charge on any atom is 0.281 e. The van der Waals surface area contributed by atoms with Gasteiger partial charge in [-0.2, -0.15) is 0 Å². The molecule has 0 bridgehead atoms. The lowest BCUT2D eigenvalue weighted by Crippen LogP contribution is -2.34. The molecule has 5 nitrogen and oxygen atoms in total. The second-order valence-corrected chi connectivity index (χ2v) is 7.66. The summed E-state index contributed by atoms with van der Waals surface area (Å²) in [6.45, 7) is 0. The van der Waals surface area contributed by atoms with Gasteiger partial charge in [0, 0.05) is 10.5 Å². The summed E-state index contributed by atoms with van der Waals surface area (Å²) in [5, 5.41) is 0.701. The van der Waals surface area contributed by atoms with Crippen LogP contribution in [0.2, 0.25) is 0 Å². The fourth-order valence-electron chi connectivity index (χ4n) is 3.63. The van der Waals surface area contributed by atoms with Crippen LogP contribution in [0, 0.1) is 0 Å². The minimum Gasteiger partial charge on any atom is -0.268 e. The second kappa shape index (κ2) is 6.51. The average Bonchev–Trinajstić information content (AvgIpc) is 2.77. The van der Waals surface area contributed by atoms with Crippen LogP contribution in [0.25, 0.3) is 10.2 Å². The van der Waals surface area contributed by atoms with Crippen LogP contribution in [0.5, 0.6) is 0 Å². The molecular formula is C18H21N3O2S. The topological polar surface area (TPSA) is 64.0 Å². The average molecular weight is 343 g/mol. The maximum absolute atomic E-state index is 12.8. The number of allylic oxidation sites excluding steroid dienone is 1. The minimum atomic E-state index is -0.177. The molecule has 0 unspecified atom stereocenters. The van der Waals surface area contributed by atoms with Gasteiger partial charge in [0.05, 0.1) is 5.39 Å². The molecule has 2 heterocycles. The Kier molecular flexibility index (Phi) is 4.22. The lowest BCUT2D eigenvalue weighted by molar-refractivity contribution is -0.113. The van der Waals surface area contributed by atoms with Gasteiger partial charge in [-0.25, -0.2) is 9.66 Å². The molecule has 126 valence electrons. The van der Waals surface area contributed by atoms with Gasteiger partial charge in [0.1, 0.15) is 11.2 Å². The number of aryl methyl sites for hydroxylation is 2. The van der Waals surface area contributed by atoms with Crippen LogP contribution in [-0.2, 0) is 17.6 Å². The number of rotatable bonds is 2. The summed E-state index contributed by atoms with van der Waals surface area (Å²) in [6.07, 6.45) is 12.8. The predicted octanol–water partition coefficient (Wildman–Crippen LogP) is 3.30. The van der Waals surface area contributed by atoms with E-state index in [2.05, 4.69) is 10.4 Å². The van der Waals surface area contributed by atoms with Crippen LogP contribution in [0.15, 0.2) is 22.8 Å². The Labute approximate surface area is 144 Å². The van der Waals surface area contributed by atoms with Crippen molar-refractivity contribution in [1.29, 1.82) is 0 Å². The molecule has 2 aliphatic rings. The van der Waals surface area contributed by atoms with E-state index in [0.717, 1.165) is 67.3 Å². The molecule has 0 aromatic carbocycles. The Hall–Kier alpha value is -1.95. The van der Waals surface area contributed by atoms with E-state index >= 15 is 0 Å². The SMILES string of the molecule is O=C(Nn1cnc2sc3c(c2c1=O)CCCC3)C1=CCCCCC1. The zero-order chi connectivity index (χ0) is 16.5. The highest BCUT2D eigenvalue weighted by Crippen LogP contribution is 2.33. The van der Waals surface area contributed by atoms with Crippen molar-refractivity contribution in [3.05, 3.63) is 38.8 Å². The Morgan fingerprint density at radius 1 is 1.12 bits per heavy atom. The zero-order valence-electron chi connectivity index (χ0n) is 13.6. The monoisotopic (exact) mass is 343 g/mol. The minimum absolute atomic E-state index is 0.151. The summed E-state index contributed by atoms with van der Waals surface area (Å²) in [4.78, 5) is 31.8. The summed E-state index contributed by atoms with van der Waals surface area (Å²) in [5.74, 6) is -0.177. The first-order chi connectivity index (χ1) is 11.7. The first-order valence-corrected chi connectivity index (χ1v) is 9.58. The van der Waals surface area contributed by atoms with Gasteiger partial charge in [-0.05, 0) is 56.9 Å². The van der Waals surface area contributed by atoms with E-state index in [4.69, 9.17) is 0 Å². The van der Waals surface area contributed by atoms with Gasteiger partial charge in [-0.1, -0.05) is 12.5 Å². The smallest absolute Gasteiger partial charge is 0.268 e. The molecule has 0 radical (unpaired) electrons. The molecule has 1 N–H and O–H groups in total. The van der Waals surface area contributed by atoms with Crippen LogP contribution in [0.1, 0.15) is 55.4 Å². The number of nitrogens with one attached hydrogen (secondary N) is 1. The van der Waals surface area contributed by atoms with Gasteiger partial charge in [-0.15, -0.1) is 11.3 Å². The van der Waals surface area contributed by atoms with Crippen LogP contribution >= 0.6 is 11.3 Å². The van der Waals surface area contributed by atoms with Crippen molar-refractivity contribution in [2.24, 2.45) is 0 Å². The molecule has 2 aliphatic carbocycles. The van der Waals surface area contributed by atoms with Gasteiger partial charge in [0.15, 0.2) is 0 Å². The highest BCUT2D eigenvalue weighted by Gasteiger charge is 2.21. The number of amides is 1. The predicted molar refractivity (Wildman–Crippen MR) is 96.1 cm³/mol. The molecule has 24 heavy (non-hydrogen) atoms. The second-order valence-electron chi connectivity index (χ2n) is 6.58. The summed E-state index contributed by atoms with van der Waals surface area (Å²) >= 11 is 1.62. The van der Waals surface area contributed by atoms with E-state index in [0.29, 0.717) is 5.39 Å². The van der Waals surface area contributed by atoms with Crippen molar-refractivity contribution >= 4 is 27.5 Å². The highest BCUT2D eigenvalue weighted by atomic mass is 32.1. The number of fused-ring (bicyclic) bond motifs is 3. The standard InChI is InChI=1S/C18H21N3O2S/c22-16(12-7-3-1-2-4-8-12)20-21-11-19-17-15(18(21)23)13-9-5-6-10-14(13)24-17/h7,11H,1-6,8-10H2,(H,20,22). The van der Waals surface area contributed by atoms with Crippen molar-refractivity contribution in [2.45, 2.75) is 57.8 Å². The van der Waals surface area contributed by atoms with Gasteiger partial charge in [-0.3, -0.25) is 15.0 Å². The number of thiophene rings is 1. The number of carbonyl (C=O) groups excluding carboxylic acids is 1. The molecule has 4 rings (SSSR count). The fourth-order valence-corrected chi connectivity index (χ4v) is 4.85. The fraction of sp³-hybridized carbons (Fsp3) is 0.500. The van der Waals surface area contributed by atoms with Crippen molar-refractivity contribution < 1.29 is 4.79 Å². The quantitative estimate of drug-likeness (QED) is 0.910. The molecule has 0 saturated carbocycles. The zero-order valence-corrected chi connectivity index (χ0v) is 14.5. The lowest BCUT2D eigenvalue weighted by atomic mass is 9.97. The number of carbonyl (C=O) groups is 1.